The van der Waals surface area contributed by atoms with Crippen LogP contribution in [0, 0.1) is 5.82 Å². The second-order valence-corrected chi connectivity index (χ2v) is 7.28. The Bertz CT molecular complexity index is 652. The van der Waals surface area contributed by atoms with Crippen LogP contribution in [0.1, 0.15) is 25.7 Å². The molecule has 0 saturated heterocycles. The van der Waals surface area contributed by atoms with E-state index in [1.54, 1.807) is 0 Å². The van der Waals surface area contributed by atoms with Crippen LogP contribution in [-0.4, -0.2) is 31.2 Å². The van der Waals surface area contributed by atoms with Gasteiger partial charge in [0.05, 0.1) is 11.3 Å². The van der Waals surface area contributed by atoms with E-state index in [9.17, 15) is 31.1 Å². The van der Waals surface area contributed by atoms with E-state index in [1.165, 1.54) is 0 Å². The molecule has 0 heterocycles. The van der Waals surface area contributed by atoms with E-state index in [2.05, 4.69) is 5.32 Å². The summed E-state index contributed by atoms with van der Waals surface area (Å²) >= 11 is 0. The molecular formula is C13H15F4NO3S. The summed E-state index contributed by atoms with van der Waals surface area (Å²) in [5.41, 5.74) is -6.99. The predicted octanol–water partition coefficient (Wildman–Crippen LogP) is 2.84. The maximum Gasteiger partial charge on any atom is 0.501 e. The first-order chi connectivity index (χ1) is 10.1. The monoisotopic (exact) mass is 341 g/mol. The van der Waals surface area contributed by atoms with Gasteiger partial charge in [-0.1, -0.05) is 12.8 Å². The molecule has 124 valence electrons. The van der Waals surface area contributed by atoms with Gasteiger partial charge >= 0.3 is 5.51 Å². The molecule has 22 heavy (non-hydrogen) atoms. The summed E-state index contributed by atoms with van der Waals surface area (Å²) in [7, 11) is -5.68. The highest BCUT2D eigenvalue weighted by Crippen LogP contribution is 2.36. The predicted molar refractivity (Wildman–Crippen MR) is 71.5 cm³/mol. The van der Waals surface area contributed by atoms with Crippen LogP contribution in [-0.2, 0) is 9.84 Å². The number of nitrogens with one attached hydrogen (secondary N) is 1. The van der Waals surface area contributed by atoms with Crippen molar-refractivity contribution in [1.29, 1.82) is 0 Å². The Kier molecular flexibility index (Phi) is 4.40. The number of hydrogen-bond donors (Lipinski definition) is 2. The summed E-state index contributed by atoms with van der Waals surface area (Å²) in [5.74, 6) is -1.09. The Hall–Kier alpha value is -1.35. The smallest absolute Gasteiger partial charge is 0.388 e. The molecule has 0 bridgehead atoms. The number of alkyl halides is 3. The third-order valence-corrected chi connectivity index (χ3v) is 5.21. The maximum atomic E-state index is 13.2. The Labute approximate surface area is 125 Å². The summed E-state index contributed by atoms with van der Waals surface area (Å²) in [4.78, 5) is -1.18. The fourth-order valence-electron chi connectivity index (χ4n) is 2.46. The molecule has 2 rings (SSSR count). The topological polar surface area (TPSA) is 66.4 Å². The quantitative estimate of drug-likeness (QED) is 0.827. The molecule has 0 amide bonds. The van der Waals surface area contributed by atoms with Gasteiger partial charge in [-0.2, -0.15) is 13.2 Å². The average Bonchev–Trinajstić information content (AvgIpc) is 2.83. The third kappa shape index (κ3) is 3.35. The van der Waals surface area contributed by atoms with Crippen LogP contribution in [0.5, 0.6) is 0 Å². The maximum absolute atomic E-state index is 13.2. The molecule has 4 nitrogen and oxygen atoms in total. The summed E-state index contributed by atoms with van der Waals surface area (Å²) in [6, 6.07) is 2.10. The molecule has 1 fully saturated rings. The van der Waals surface area contributed by atoms with Crippen molar-refractivity contribution in [3.63, 3.8) is 0 Å². The summed E-state index contributed by atoms with van der Waals surface area (Å²) < 4.78 is 74.2. The normalized spacial score (nSPS) is 18.4. The highest BCUT2D eigenvalue weighted by molar-refractivity contribution is 7.92. The fraction of sp³-hybridized carbons (Fsp3) is 0.538. The molecular weight excluding hydrogens is 326 g/mol. The van der Waals surface area contributed by atoms with Crippen molar-refractivity contribution in [2.24, 2.45) is 0 Å². The molecule has 1 aromatic carbocycles. The van der Waals surface area contributed by atoms with E-state index < -0.39 is 31.7 Å². The van der Waals surface area contributed by atoms with Gasteiger partial charge in [-0.05, 0) is 31.0 Å². The lowest BCUT2D eigenvalue weighted by Crippen LogP contribution is -2.34. The third-order valence-electron chi connectivity index (χ3n) is 3.68. The van der Waals surface area contributed by atoms with E-state index in [4.69, 9.17) is 0 Å². The molecule has 2 N–H and O–H groups in total. The zero-order chi connectivity index (χ0) is 16.6. The molecule has 1 saturated carbocycles. The lowest BCUT2D eigenvalue weighted by atomic mass is 10.0. The zero-order valence-electron chi connectivity index (χ0n) is 11.5. The first kappa shape index (κ1) is 17.0. The van der Waals surface area contributed by atoms with Crippen LogP contribution in [0.2, 0.25) is 0 Å². The number of sulfone groups is 1. The number of benzene rings is 1. The van der Waals surface area contributed by atoms with Gasteiger partial charge in [-0.3, -0.25) is 0 Å². The minimum atomic E-state index is -5.68. The molecule has 1 aliphatic carbocycles. The lowest BCUT2D eigenvalue weighted by molar-refractivity contribution is -0.0435. The molecule has 1 aromatic rings. The van der Waals surface area contributed by atoms with Crippen LogP contribution in [0.25, 0.3) is 0 Å². The highest BCUT2D eigenvalue weighted by Gasteiger charge is 2.48. The number of rotatable bonds is 4. The van der Waals surface area contributed by atoms with Crippen molar-refractivity contribution in [3.05, 3.63) is 24.0 Å². The molecule has 0 radical (unpaired) electrons. The molecule has 0 aliphatic heterocycles. The largest absolute Gasteiger partial charge is 0.501 e. The minimum absolute atomic E-state index is 0.0982. The van der Waals surface area contributed by atoms with Crippen molar-refractivity contribution in [2.75, 3.05) is 11.9 Å². The second kappa shape index (κ2) is 5.69. The van der Waals surface area contributed by atoms with Gasteiger partial charge in [-0.15, -0.1) is 0 Å². The van der Waals surface area contributed by atoms with Gasteiger partial charge in [0, 0.05) is 6.54 Å². The van der Waals surface area contributed by atoms with E-state index in [-0.39, 0.29) is 12.2 Å². The first-order valence-electron chi connectivity index (χ1n) is 6.62. The zero-order valence-corrected chi connectivity index (χ0v) is 12.3. The van der Waals surface area contributed by atoms with Crippen LogP contribution in [0.4, 0.5) is 23.2 Å². The van der Waals surface area contributed by atoms with Gasteiger partial charge < -0.3 is 10.4 Å². The van der Waals surface area contributed by atoms with E-state index >= 15 is 0 Å². The Morgan fingerprint density at radius 3 is 2.36 bits per heavy atom. The summed E-state index contributed by atoms with van der Waals surface area (Å²) in [6.45, 7) is -0.0982. The first-order valence-corrected chi connectivity index (χ1v) is 8.11. The average molecular weight is 341 g/mol. The van der Waals surface area contributed by atoms with E-state index in [1.807, 2.05) is 0 Å². The Morgan fingerprint density at radius 2 is 1.82 bits per heavy atom. The molecule has 1 aliphatic rings. The van der Waals surface area contributed by atoms with Crippen molar-refractivity contribution in [1.82, 2.24) is 0 Å². The molecule has 9 heteroatoms. The Balaban J connectivity index is 2.33. The van der Waals surface area contributed by atoms with Crippen molar-refractivity contribution < 1.29 is 31.1 Å². The Morgan fingerprint density at radius 1 is 1.23 bits per heavy atom. The van der Waals surface area contributed by atoms with Gasteiger partial charge in [0.25, 0.3) is 9.84 Å². The van der Waals surface area contributed by atoms with Gasteiger partial charge in [0.2, 0.25) is 0 Å². The fourth-order valence-corrected chi connectivity index (χ4v) is 3.41. The molecule has 0 atom stereocenters. The molecule has 0 spiro atoms. The standard InChI is InChI=1S/C13H15F4NO3S/c14-9-3-4-10(18-8-12(19)5-1-2-6-12)11(7-9)22(20,21)13(15,16)17/h3-4,7,18-19H,1-2,5-6,8H2. The van der Waals surface area contributed by atoms with Crippen LogP contribution in [0.15, 0.2) is 23.1 Å². The minimum Gasteiger partial charge on any atom is -0.388 e. The molecule has 0 unspecified atom stereocenters. The van der Waals surface area contributed by atoms with Crippen molar-refractivity contribution in [2.45, 2.75) is 41.7 Å². The van der Waals surface area contributed by atoms with Crippen LogP contribution < -0.4 is 5.32 Å². The second-order valence-electron chi connectivity index (χ2n) is 5.37. The number of anilines is 1. The van der Waals surface area contributed by atoms with Crippen molar-refractivity contribution in [3.8, 4) is 0 Å². The number of hydrogen-bond acceptors (Lipinski definition) is 4. The van der Waals surface area contributed by atoms with Gasteiger partial charge in [0.15, 0.2) is 0 Å². The number of halogens is 4. The summed E-state index contributed by atoms with van der Waals surface area (Å²) in [6.07, 6.45) is 2.52. The van der Waals surface area contributed by atoms with Gasteiger partial charge in [-0.25, -0.2) is 12.8 Å². The lowest BCUT2D eigenvalue weighted by Gasteiger charge is -2.24. The van der Waals surface area contributed by atoms with Crippen molar-refractivity contribution >= 4 is 15.5 Å². The van der Waals surface area contributed by atoms with Crippen LogP contribution >= 0.6 is 0 Å². The SMILES string of the molecule is O=S(=O)(c1cc(F)ccc1NCC1(O)CCCC1)C(F)(F)F. The number of aliphatic hydroxyl groups is 1. The summed E-state index contributed by atoms with van der Waals surface area (Å²) in [5, 5.41) is 12.7. The van der Waals surface area contributed by atoms with E-state index in [0.29, 0.717) is 18.9 Å². The van der Waals surface area contributed by atoms with Crippen LogP contribution in [0.3, 0.4) is 0 Å². The highest BCUT2D eigenvalue weighted by atomic mass is 32.2. The molecule has 0 aromatic heterocycles. The van der Waals surface area contributed by atoms with E-state index in [0.717, 1.165) is 25.0 Å². The van der Waals surface area contributed by atoms with Gasteiger partial charge in [0.1, 0.15) is 10.7 Å².